The van der Waals surface area contributed by atoms with Crippen LogP contribution in [0.25, 0.3) is 93.6 Å². The number of aromatic nitrogens is 1. The molecule has 0 spiro atoms. The molecule has 3 heteroatoms. The van der Waals surface area contributed by atoms with Crippen LogP contribution < -0.4 is 4.90 Å². The van der Waals surface area contributed by atoms with Crippen LogP contribution in [0.3, 0.4) is 0 Å². The van der Waals surface area contributed by atoms with Crippen molar-refractivity contribution < 1.29 is 4.42 Å². The molecule has 0 saturated carbocycles. The summed E-state index contributed by atoms with van der Waals surface area (Å²) in [6, 6.07) is 83.0. The van der Waals surface area contributed by atoms with Crippen molar-refractivity contribution in [2.75, 3.05) is 4.90 Å². The van der Waals surface area contributed by atoms with Crippen LogP contribution in [0.5, 0.6) is 0 Å². The first-order valence-electron chi connectivity index (χ1n) is 20.8. The lowest BCUT2D eigenvalue weighted by Gasteiger charge is -2.25. The van der Waals surface area contributed by atoms with Crippen LogP contribution in [-0.2, 0) is 0 Å². The summed E-state index contributed by atoms with van der Waals surface area (Å²) in [5.41, 5.74) is 15.6. The molecular formula is C58H38N2O. The van der Waals surface area contributed by atoms with Gasteiger partial charge in [-0.15, -0.1) is 0 Å². The van der Waals surface area contributed by atoms with E-state index in [1.54, 1.807) is 0 Å². The number of nitrogens with zero attached hydrogens (tertiary/aromatic N) is 2. The van der Waals surface area contributed by atoms with Crippen LogP contribution in [0, 0.1) is 0 Å². The Morgan fingerprint density at radius 1 is 0.295 bits per heavy atom. The van der Waals surface area contributed by atoms with Gasteiger partial charge < -0.3 is 13.9 Å². The quantitative estimate of drug-likeness (QED) is 0.161. The fourth-order valence-electron chi connectivity index (χ4n) is 9.19. The summed E-state index contributed by atoms with van der Waals surface area (Å²) < 4.78 is 8.77. The van der Waals surface area contributed by atoms with Gasteiger partial charge in [-0.05, 0) is 153 Å². The SMILES string of the molecule is c1ccc(N(c2ccccc2)c2ccc3cc(-c4cc(-c5ccc6c(c5)oc5ccccc56)cc(-c5ccc6c(c5)c5ccccc5n6-c5ccccc5)c4)ccc3c2)cc1. The summed E-state index contributed by atoms with van der Waals surface area (Å²) in [6.45, 7) is 0. The van der Waals surface area contributed by atoms with Crippen LogP contribution in [0.1, 0.15) is 0 Å². The Bertz CT molecular complexity index is 3540. The maximum atomic E-state index is 6.40. The van der Waals surface area contributed by atoms with E-state index < -0.39 is 0 Å². The van der Waals surface area contributed by atoms with Crippen molar-refractivity contribution >= 4 is 71.6 Å². The third-order valence-electron chi connectivity index (χ3n) is 12.1. The van der Waals surface area contributed by atoms with Gasteiger partial charge in [-0.3, -0.25) is 0 Å². The Labute approximate surface area is 353 Å². The lowest BCUT2D eigenvalue weighted by atomic mass is 9.91. The monoisotopic (exact) mass is 778 g/mol. The maximum Gasteiger partial charge on any atom is 0.136 e. The lowest BCUT2D eigenvalue weighted by molar-refractivity contribution is 0.669. The minimum absolute atomic E-state index is 0.891. The van der Waals surface area contributed by atoms with Gasteiger partial charge in [-0.2, -0.15) is 0 Å². The second-order valence-electron chi connectivity index (χ2n) is 15.8. The number of furan rings is 1. The average molecular weight is 779 g/mol. The van der Waals surface area contributed by atoms with Crippen LogP contribution in [-0.4, -0.2) is 4.57 Å². The van der Waals surface area contributed by atoms with Crippen LogP contribution in [0.2, 0.25) is 0 Å². The van der Waals surface area contributed by atoms with Gasteiger partial charge in [0.2, 0.25) is 0 Å². The van der Waals surface area contributed by atoms with Crippen LogP contribution in [0.15, 0.2) is 235 Å². The highest BCUT2D eigenvalue weighted by Gasteiger charge is 2.17. The molecule has 0 amide bonds. The van der Waals surface area contributed by atoms with Gasteiger partial charge in [0.05, 0.1) is 11.0 Å². The van der Waals surface area contributed by atoms with Gasteiger partial charge in [0.15, 0.2) is 0 Å². The number of hydrogen-bond donors (Lipinski definition) is 0. The van der Waals surface area contributed by atoms with Crippen molar-refractivity contribution in [1.29, 1.82) is 0 Å². The van der Waals surface area contributed by atoms with Crippen molar-refractivity contribution in [1.82, 2.24) is 4.57 Å². The Balaban J connectivity index is 1.01. The smallest absolute Gasteiger partial charge is 0.136 e. The minimum atomic E-state index is 0.891. The van der Waals surface area contributed by atoms with Gasteiger partial charge in [0, 0.05) is 44.3 Å². The van der Waals surface area contributed by atoms with E-state index in [2.05, 4.69) is 228 Å². The number of hydrogen-bond acceptors (Lipinski definition) is 2. The molecule has 286 valence electrons. The molecule has 0 radical (unpaired) electrons. The molecule has 0 saturated heterocycles. The van der Waals surface area contributed by atoms with E-state index in [0.717, 1.165) is 72.5 Å². The predicted octanol–water partition coefficient (Wildman–Crippen LogP) is 16.3. The molecule has 0 fully saturated rings. The molecule has 12 aromatic rings. The first kappa shape index (κ1) is 34.9. The second-order valence-corrected chi connectivity index (χ2v) is 15.8. The molecule has 0 aliphatic heterocycles. The van der Waals surface area contributed by atoms with E-state index in [4.69, 9.17) is 4.42 Å². The van der Waals surface area contributed by atoms with E-state index >= 15 is 0 Å². The standard InChI is InChI=1S/C58H38N2O/c1-4-14-47(15-5-1)59(48-16-6-2-7-17-48)50-29-26-39-32-40(24-25-41(39)36-50)44-33-45(35-46(34-44)43-27-30-53-52-21-11-13-23-57(52)61-58(53)38-43)42-28-31-56-54(37-42)51-20-10-12-22-55(51)60(56)49-18-8-3-9-19-49/h1-38H. The molecule has 0 atom stereocenters. The fraction of sp³-hybridized carbons (Fsp3) is 0. The highest BCUT2D eigenvalue weighted by atomic mass is 16.3. The van der Waals surface area contributed by atoms with E-state index in [0.29, 0.717) is 0 Å². The Morgan fingerprint density at radius 3 is 1.56 bits per heavy atom. The summed E-state index contributed by atoms with van der Waals surface area (Å²) in [4.78, 5) is 2.32. The zero-order valence-corrected chi connectivity index (χ0v) is 33.2. The summed E-state index contributed by atoms with van der Waals surface area (Å²) in [5, 5.41) is 7.11. The molecule has 0 aliphatic carbocycles. The summed E-state index contributed by atoms with van der Waals surface area (Å²) in [6.07, 6.45) is 0. The number of benzene rings is 10. The lowest BCUT2D eigenvalue weighted by Crippen LogP contribution is -2.09. The first-order valence-corrected chi connectivity index (χ1v) is 20.8. The average Bonchev–Trinajstić information content (AvgIpc) is 3.87. The first-order chi connectivity index (χ1) is 30.2. The van der Waals surface area contributed by atoms with E-state index in [1.165, 1.54) is 38.1 Å². The topological polar surface area (TPSA) is 21.3 Å². The highest BCUT2D eigenvalue weighted by molar-refractivity contribution is 6.11. The Hall–Kier alpha value is -8.14. The highest BCUT2D eigenvalue weighted by Crippen LogP contribution is 2.41. The van der Waals surface area contributed by atoms with Gasteiger partial charge in [-0.1, -0.05) is 121 Å². The van der Waals surface area contributed by atoms with Crippen molar-refractivity contribution in [2.45, 2.75) is 0 Å². The van der Waals surface area contributed by atoms with Gasteiger partial charge in [0.1, 0.15) is 11.2 Å². The van der Waals surface area contributed by atoms with Gasteiger partial charge >= 0.3 is 0 Å². The van der Waals surface area contributed by atoms with Crippen molar-refractivity contribution in [3.63, 3.8) is 0 Å². The molecule has 0 unspecified atom stereocenters. The van der Waals surface area contributed by atoms with Crippen LogP contribution >= 0.6 is 0 Å². The maximum absolute atomic E-state index is 6.40. The minimum Gasteiger partial charge on any atom is -0.456 e. The zero-order valence-electron chi connectivity index (χ0n) is 33.2. The fourth-order valence-corrected chi connectivity index (χ4v) is 9.19. The number of anilines is 3. The van der Waals surface area contributed by atoms with E-state index in [1.807, 2.05) is 12.1 Å². The van der Waals surface area contributed by atoms with E-state index in [-0.39, 0.29) is 0 Å². The summed E-state index contributed by atoms with van der Waals surface area (Å²) in [7, 11) is 0. The molecule has 2 heterocycles. The number of para-hydroxylation sites is 5. The second kappa shape index (κ2) is 14.3. The molecule has 0 N–H and O–H groups in total. The van der Waals surface area contributed by atoms with Gasteiger partial charge in [-0.25, -0.2) is 0 Å². The number of rotatable bonds is 7. The van der Waals surface area contributed by atoms with Crippen molar-refractivity contribution in [3.05, 3.63) is 231 Å². The normalized spacial score (nSPS) is 11.6. The molecule has 0 aliphatic rings. The Kier molecular flexibility index (Phi) is 8.17. The molecule has 10 aromatic carbocycles. The zero-order chi connectivity index (χ0) is 40.3. The molecule has 0 bridgehead atoms. The molecule has 3 nitrogen and oxygen atoms in total. The van der Waals surface area contributed by atoms with Crippen molar-refractivity contribution in [2.24, 2.45) is 0 Å². The molecular weight excluding hydrogens is 741 g/mol. The summed E-state index contributed by atoms with van der Waals surface area (Å²) >= 11 is 0. The predicted molar refractivity (Wildman–Crippen MR) is 257 cm³/mol. The van der Waals surface area contributed by atoms with Crippen molar-refractivity contribution in [3.8, 4) is 39.1 Å². The van der Waals surface area contributed by atoms with Gasteiger partial charge in [0.25, 0.3) is 0 Å². The largest absolute Gasteiger partial charge is 0.456 e. The van der Waals surface area contributed by atoms with E-state index in [9.17, 15) is 0 Å². The molecule has 61 heavy (non-hydrogen) atoms. The summed E-state index contributed by atoms with van der Waals surface area (Å²) in [5.74, 6) is 0. The molecule has 12 rings (SSSR count). The molecule has 2 aromatic heterocycles. The third-order valence-corrected chi connectivity index (χ3v) is 12.1. The number of fused-ring (bicyclic) bond motifs is 7. The van der Waals surface area contributed by atoms with Crippen LogP contribution in [0.4, 0.5) is 17.1 Å². The Morgan fingerprint density at radius 2 is 0.820 bits per heavy atom. The third kappa shape index (κ3) is 6.06.